The number of rotatable bonds is 6. The Labute approximate surface area is 180 Å². The molecule has 3 aromatic rings. The maximum atomic E-state index is 9.59. The molecule has 0 saturated carbocycles. The molecule has 7 heteroatoms. The Kier molecular flexibility index (Phi) is 5.98. The highest BCUT2D eigenvalue weighted by molar-refractivity contribution is 5.75. The summed E-state index contributed by atoms with van der Waals surface area (Å²) in [6.45, 7) is 2.13. The van der Waals surface area contributed by atoms with Gasteiger partial charge in [0.05, 0.1) is 35.5 Å². The molecule has 154 valence electrons. The Morgan fingerprint density at radius 3 is 2.74 bits per heavy atom. The van der Waals surface area contributed by atoms with Crippen LogP contribution in [0.15, 0.2) is 54.7 Å². The van der Waals surface area contributed by atoms with Gasteiger partial charge in [0.15, 0.2) is 0 Å². The number of nitrogens with zero attached hydrogens (tertiary/aromatic N) is 3. The number of hydrogen-bond donors (Lipinski definition) is 3. The number of hydrogen-bond acceptors (Lipinski definition) is 7. The third kappa shape index (κ3) is 4.75. The van der Waals surface area contributed by atoms with Crippen LogP contribution in [0.2, 0.25) is 0 Å². The van der Waals surface area contributed by atoms with Crippen molar-refractivity contribution in [1.29, 1.82) is 10.5 Å². The molecule has 7 nitrogen and oxygen atoms in total. The van der Waals surface area contributed by atoms with E-state index in [1.54, 1.807) is 18.3 Å². The summed E-state index contributed by atoms with van der Waals surface area (Å²) in [5, 5.41) is 34.5. The standard InChI is InChI=1S/C24H21N5O2/c25-11-17-3-1-16(2-4-17)7-8-27-14-21-15-28-23-10-19(13-29-24(23)31-21)22-6-5-20(30)9-18(22)12-26/h1-6,9-10,13,21,27-28,30H,7-8,14-15H2/t21-/m1/s1. The van der Waals surface area contributed by atoms with Crippen LogP contribution < -0.4 is 15.4 Å². The SMILES string of the molecule is N#Cc1ccc(CCNC[C@@H]2CNc3cc(-c4ccc(O)cc4C#N)cnc3O2)cc1. The van der Waals surface area contributed by atoms with Gasteiger partial charge in [0.1, 0.15) is 11.9 Å². The summed E-state index contributed by atoms with van der Waals surface area (Å²) in [7, 11) is 0. The summed E-state index contributed by atoms with van der Waals surface area (Å²) in [5.74, 6) is 0.591. The molecule has 0 aliphatic carbocycles. The lowest BCUT2D eigenvalue weighted by atomic mass is 10.0. The zero-order valence-electron chi connectivity index (χ0n) is 16.8. The third-order valence-electron chi connectivity index (χ3n) is 5.13. The molecule has 0 amide bonds. The second-order valence-electron chi connectivity index (χ2n) is 7.30. The van der Waals surface area contributed by atoms with Crippen molar-refractivity contribution in [2.45, 2.75) is 12.5 Å². The minimum atomic E-state index is -0.0462. The number of anilines is 1. The molecule has 0 radical (unpaired) electrons. The quantitative estimate of drug-likeness (QED) is 0.534. The van der Waals surface area contributed by atoms with Crippen LogP contribution in [0.25, 0.3) is 11.1 Å². The van der Waals surface area contributed by atoms with E-state index in [1.165, 1.54) is 11.6 Å². The van der Waals surface area contributed by atoms with Gasteiger partial charge in [-0.1, -0.05) is 12.1 Å². The van der Waals surface area contributed by atoms with Crippen molar-refractivity contribution in [3.63, 3.8) is 0 Å². The van der Waals surface area contributed by atoms with Gasteiger partial charge in [-0.2, -0.15) is 10.5 Å². The molecule has 1 aliphatic heterocycles. The molecule has 1 atom stereocenters. The first kappa shape index (κ1) is 20.2. The molecule has 2 heterocycles. The van der Waals surface area contributed by atoms with E-state index in [9.17, 15) is 10.4 Å². The van der Waals surface area contributed by atoms with Crippen LogP contribution in [0.5, 0.6) is 11.6 Å². The molecule has 1 aromatic heterocycles. The Morgan fingerprint density at radius 2 is 1.97 bits per heavy atom. The number of fused-ring (bicyclic) bond motifs is 1. The number of ether oxygens (including phenoxy) is 1. The number of aromatic nitrogens is 1. The summed E-state index contributed by atoms with van der Waals surface area (Å²) >= 11 is 0. The Hall–Kier alpha value is -4.07. The first-order chi connectivity index (χ1) is 15.2. The zero-order valence-corrected chi connectivity index (χ0v) is 16.8. The van der Waals surface area contributed by atoms with E-state index in [0.717, 1.165) is 24.2 Å². The Bertz CT molecular complexity index is 1160. The first-order valence-electron chi connectivity index (χ1n) is 10.00. The summed E-state index contributed by atoms with van der Waals surface area (Å²) in [6.07, 6.45) is 2.50. The number of nitriles is 2. The maximum absolute atomic E-state index is 9.59. The van der Waals surface area contributed by atoms with E-state index in [-0.39, 0.29) is 11.9 Å². The summed E-state index contributed by atoms with van der Waals surface area (Å²) < 4.78 is 6.00. The van der Waals surface area contributed by atoms with Crippen LogP contribution in [-0.2, 0) is 6.42 Å². The lowest BCUT2D eigenvalue weighted by Gasteiger charge is -2.27. The first-order valence-corrected chi connectivity index (χ1v) is 10.00. The maximum Gasteiger partial charge on any atom is 0.237 e. The van der Waals surface area contributed by atoms with Gasteiger partial charge in [-0.05, 0) is 54.9 Å². The van der Waals surface area contributed by atoms with Gasteiger partial charge < -0.3 is 20.5 Å². The van der Waals surface area contributed by atoms with Gasteiger partial charge >= 0.3 is 0 Å². The second kappa shape index (κ2) is 9.17. The van der Waals surface area contributed by atoms with Gasteiger partial charge in [-0.25, -0.2) is 4.98 Å². The fourth-order valence-electron chi connectivity index (χ4n) is 3.48. The van der Waals surface area contributed by atoms with Crippen LogP contribution in [-0.4, -0.2) is 35.8 Å². The van der Waals surface area contributed by atoms with Gasteiger partial charge in [0, 0.05) is 23.9 Å². The molecule has 31 heavy (non-hydrogen) atoms. The number of phenols is 1. The van der Waals surface area contributed by atoms with Gasteiger partial charge in [0.25, 0.3) is 0 Å². The van der Waals surface area contributed by atoms with Crippen molar-refractivity contribution in [2.24, 2.45) is 0 Å². The molecular weight excluding hydrogens is 390 g/mol. The topological polar surface area (TPSA) is 114 Å². The fraction of sp³-hybridized carbons (Fsp3) is 0.208. The highest BCUT2D eigenvalue weighted by Gasteiger charge is 2.21. The number of pyridine rings is 1. The monoisotopic (exact) mass is 411 g/mol. The molecule has 3 N–H and O–H groups in total. The zero-order chi connectivity index (χ0) is 21.6. The van der Waals surface area contributed by atoms with E-state index in [2.05, 4.69) is 27.8 Å². The normalized spacial score (nSPS) is 14.5. The highest BCUT2D eigenvalue weighted by Crippen LogP contribution is 2.33. The minimum absolute atomic E-state index is 0.0462. The number of aromatic hydroxyl groups is 1. The average molecular weight is 411 g/mol. The van der Waals surface area contributed by atoms with Crippen LogP contribution in [0, 0.1) is 22.7 Å². The molecule has 4 rings (SSSR count). The number of phenolic OH excluding ortho intramolecular Hbond substituents is 1. The van der Waals surface area contributed by atoms with Gasteiger partial charge in [0.2, 0.25) is 5.88 Å². The Morgan fingerprint density at radius 1 is 1.13 bits per heavy atom. The van der Waals surface area contributed by atoms with E-state index >= 15 is 0 Å². The molecular formula is C24H21N5O2. The molecule has 0 bridgehead atoms. The van der Waals surface area contributed by atoms with Crippen LogP contribution in [0.3, 0.4) is 0 Å². The Balaban J connectivity index is 1.33. The van der Waals surface area contributed by atoms with Crippen molar-refractivity contribution in [3.05, 3.63) is 71.4 Å². The number of benzene rings is 2. The van der Waals surface area contributed by atoms with Crippen molar-refractivity contribution in [3.8, 4) is 34.9 Å². The summed E-state index contributed by atoms with van der Waals surface area (Å²) in [4.78, 5) is 4.43. The predicted molar refractivity (Wildman–Crippen MR) is 117 cm³/mol. The van der Waals surface area contributed by atoms with Crippen LogP contribution >= 0.6 is 0 Å². The van der Waals surface area contributed by atoms with E-state index in [1.807, 2.05) is 30.3 Å². The molecule has 0 saturated heterocycles. The van der Waals surface area contributed by atoms with Crippen molar-refractivity contribution in [2.75, 3.05) is 25.0 Å². The molecule has 0 spiro atoms. The van der Waals surface area contributed by atoms with Crippen LogP contribution in [0.1, 0.15) is 16.7 Å². The second-order valence-corrected chi connectivity index (χ2v) is 7.30. The smallest absolute Gasteiger partial charge is 0.237 e. The van der Waals surface area contributed by atoms with E-state index in [4.69, 9.17) is 10.00 Å². The largest absolute Gasteiger partial charge is 0.508 e. The predicted octanol–water partition coefficient (Wildman–Crippen LogP) is 3.20. The molecule has 2 aromatic carbocycles. The third-order valence-corrected chi connectivity index (χ3v) is 5.13. The average Bonchev–Trinajstić information content (AvgIpc) is 2.81. The van der Waals surface area contributed by atoms with Crippen molar-refractivity contribution < 1.29 is 9.84 Å². The van der Waals surface area contributed by atoms with Crippen LogP contribution in [0.4, 0.5) is 5.69 Å². The summed E-state index contributed by atoms with van der Waals surface area (Å²) in [6, 6.07) is 18.5. The number of nitrogens with one attached hydrogen (secondary N) is 2. The van der Waals surface area contributed by atoms with Gasteiger partial charge in [-0.3, -0.25) is 0 Å². The lowest BCUT2D eigenvalue weighted by molar-refractivity contribution is 0.194. The molecule has 0 unspecified atom stereocenters. The van der Waals surface area contributed by atoms with Crippen molar-refractivity contribution >= 4 is 5.69 Å². The molecule has 0 fully saturated rings. The summed E-state index contributed by atoms with van der Waals surface area (Å²) in [5.41, 5.74) is 4.52. The lowest BCUT2D eigenvalue weighted by Crippen LogP contribution is -2.40. The van der Waals surface area contributed by atoms with Gasteiger partial charge in [-0.15, -0.1) is 0 Å². The molecule has 1 aliphatic rings. The fourth-order valence-corrected chi connectivity index (χ4v) is 3.48. The van der Waals surface area contributed by atoms with E-state index in [0.29, 0.717) is 35.7 Å². The highest BCUT2D eigenvalue weighted by atomic mass is 16.5. The van der Waals surface area contributed by atoms with Crippen molar-refractivity contribution in [1.82, 2.24) is 10.3 Å². The van der Waals surface area contributed by atoms with E-state index < -0.39 is 0 Å². The minimum Gasteiger partial charge on any atom is -0.508 e.